The fraction of sp³-hybridized carbons (Fsp3) is 0.550. The van der Waals surface area contributed by atoms with Crippen molar-refractivity contribution in [3.63, 3.8) is 0 Å². The molecule has 2 atom stereocenters. The van der Waals surface area contributed by atoms with Gasteiger partial charge in [-0.2, -0.15) is 5.10 Å². The summed E-state index contributed by atoms with van der Waals surface area (Å²) in [6.07, 6.45) is 6.39. The number of hydrogen-bond donors (Lipinski definition) is 2. The molecule has 0 saturated carbocycles. The molecular formula is C20H29N3O2. The lowest BCUT2D eigenvalue weighted by molar-refractivity contribution is -0.0279. The van der Waals surface area contributed by atoms with Crippen molar-refractivity contribution in [3.8, 4) is 0 Å². The Morgan fingerprint density at radius 2 is 2.08 bits per heavy atom. The molecule has 1 aliphatic rings. The Labute approximate surface area is 150 Å². The molecule has 5 heteroatoms. The van der Waals surface area contributed by atoms with Gasteiger partial charge in [0.1, 0.15) is 0 Å². The number of aliphatic hydroxyl groups is 1. The van der Waals surface area contributed by atoms with Gasteiger partial charge in [0.15, 0.2) is 0 Å². The SMILES string of the molecule is Cn1cc([C@@H]2OCCC[C@H]2CNCc2ccc(C(C)(C)O)cc2)cn1. The summed E-state index contributed by atoms with van der Waals surface area (Å²) in [5.74, 6) is 0.466. The summed E-state index contributed by atoms with van der Waals surface area (Å²) in [7, 11) is 1.94. The molecule has 0 unspecified atom stereocenters. The molecule has 1 fully saturated rings. The highest BCUT2D eigenvalue weighted by atomic mass is 16.5. The zero-order valence-electron chi connectivity index (χ0n) is 15.4. The fourth-order valence-electron chi connectivity index (χ4n) is 3.44. The van der Waals surface area contributed by atoms with Crippen LogP contribution in [0.4, 0.5) is 0 Å². The third-order valence-electron chi connectivity index (χ3n) is 4.89. The predicted molar refractivity (Wildman–Crippen MR) is 98.0 cm³/mol. The van der Waals surface area contributed by atoms with E-state index in [0.29, 0.717) is 5.92 Å². The Hall–Kier alpha value is -1.69. The maximum absolute atomic E-state index is 10.0. The second-order valence-electron chi connectivity index (χ2n) is 7.53. The van der Waals surface area contributed by atoms with Gasteiger partial charge in [-0.25, -0.2) is 0 Å². The quantitative estimate of drug-likeness (QED) is 0.847. The average Bonchev–Trinajstić information content (AvgIpc) is 3.01. The summed E-state index contributed by atoms with van der Waals surface area (Å²) in [4.78, 5) is 0. The van der Waals surface area contributed by atoms with E-state index in [1.807, 2.05) is 43.9 Å². The van der Waals surface area contributed by atoms with E-state index in [4.69, 9.17) is 4.74 Å². The second kappa shape index (κ2) is 7.68. The Bertz CT molecular complexity index is 673. The Balaban J connectivity index is 1.55. The summed E-state index contributed by atoms with van der Waals surface area (Å²) in [6.45, 7) is 6.19. The van der Waals surface area contributed by atoms with Crippen LogP contribution in [0.2, 0.25) is 0 Å². The highest BCUT2D eigenvalue weighted by Gasteiger charge is 2.28. The van der Waals surface area contributed by atoms with Gasteiger partial charge in [-0.05, 0) is 37.8 Å². The molecule has 1 aromatic carbocycles. The van der Waals surface area contributed by atoms with Gasteiger partial charge in [-0.1, -0.05) is 24.3 Å². The molecule has 25 heavy (non-hydrogen) atoms. The van der Waals surface area contributed by atoms with Gasteiger partial charge in [0, 0.05) is 44.4 Å². The van der Waals surface area contributed by atoms with Crippen molar-refractivity contribution < 1.29 is 9.84 Å². The summed E-state index contributed by atoms with van der Waals surface area (Å²) in [5.41, 5.74) is 2.54. The van der Waals surface area contributed by atoms with Gasteiger partial charge < -0.3 is 15.2 Å². The van der Waals surface area contributed by atoms with Crippen LogP contribution in [0.5, 0.6) is 0 Å². The van der Waals surface area contributed by atoms with E-state index in [2.05, 4.69) is 28.7 Å². The number of nitrogens with zero attached hydrogens (tertiary/aromatic N) is 2. The van der Waals surface area contributed by atoms with Crippen molar-refractivity contribution in [2.24, 2.45) is 13.0 Å². The van der Waals surface area contributed by atoms with Crippen LogP contribution in [0.15, 0.2) is 36.7 Å². The number of ether oxygens (including phenoxy) is 1. The van der Waals surface area contributed by atoms with Crippen molar-refractivity contribution in [2.75, 3.05) is 13.2 Å². The standard InChI is InChI=1S/C20H29N3O2/c1-20(2,24)18-8-6-15(7-9-18)11-21-12-16-5-4-10-25-19(16)17-13-22-23(3)14-17/h6-9,13-14,16,19,21,24H,4-5,10-12H2,1-3H3/t16-,19+/m0/s1. The summed E-state index contributed by atoms with van der Waals surface area (Å²) in [5, 5.41) is 17.9. The van der Waals surface area contributed by atoms with E-state index >= 15 is 0 Å². The average molecular weight is 343 g/mol. The molecule has 0 bridgehead atoms. The van der Waals surface area contributed by atoms with Gasteiger partial charge in [-0.3, -0.25) is 4.68 Å². The van der Waals surface area contributed by atoms with Gasteiger partial charge in [-0.15, -0.1) is 0 Å². The monoisotopic (exact) mass is 343 g/mol. The molecule has 1 saturated heterocycles. The second-order valence-corrected chi connectivity index (χ2v) is 7.53. The van der Waals surface area contributed by atoms with Crippen LogP contribution >= 0.6 is 0 Å². The first kappa shape index (κ1) is 18.1. The number of nitrogens with one attached hydrogen (secondary N) is 1. The number of rotatable bonds is 6. The van der Waals surface area contributed by atoms with E-state index in [9.17, 15) is 5.11 Å². The molecule has 0 radical (unpaired) electrons. The minimum atomic E-state index is -0.789. The molecule has 1 aliphatic heterocycles. The molecule has 2 aromatic rings. The number of aromatic nitrogens is 2. The van der Waals surface area contributed by atoms with Gasteiger partial charge in [0.05, 0.1) is 17.9 Å². The lowest BCUT2D eigenvalue weighted by atomic mass is 9.90. The highest BCUT2D eigenvalue weighted by Crippen LogP contribution is 2.33. The Morgan fingerprint density at radius 3 is 2.72 bits per heavy atom. The summed E-state index contributed by atoms with van der Waals surface area (Å²) >= 11 is 0. The van der Waals surface area contributed by atoms with Crippen molar-refractivity contribution in [1.82, 2.24) is 15.1 Å². The summed E-state index contributed by atoms with van der Waals surface area (Å²) < 4.78 is 7.86. The highest BCUT2D eigenvalue weighted by molar-refractivity contribution is 5.26. The van der Waals surface area contributed by atoms with E-state index < -0.39 is 5.60 Å². The number of hydrogen-bond acceptors (Lipinski definition) is 4. The van der Waals surface area contributed by atoms with E-state index in [1.54, 1.807) is 0 Å². The Morgan fingerprint density at radius 1 is 1.32 bits per heavy atom. The van der Waals surface area contributed by atoms with Gasteiger partial charge in [0.25, 0.3) is 0 Å². The Kier molecular flexibility index (Phi) is 5.57. The minimum Gasteiger partial charge on any atom is -0.386 e. The van der Waals surface area contributed by atoms with Crippen LogP contribution in [-0.4, -0.2) is 28.0 Å². The molecule has 0 aliphatic carbocycles. The van der Waals surface area contributed by atoms with Crippen LogP contribution in [0.25, 0.3) is 0 Å². The topological polar surface area (TPSA) is 59.3 Å². The molecule has 3 rings (SSSR count). The molecule has 2 N–H and O–H groups in total. The molecule has 136 valence electrons. The van der Waals surface area contributed by atoms with Crippen LogP contribution in [0.3, 0.4) is 0 Å². The van der Waals surface area contributed by atoms with Crippen molar-refractivity contribution in [3.05, 3.63) is 53.3 Å². The first-order valence-electron chi connectivity index (χ1n) is 9.06. The molecule has 0 spiro atoms. The smallest absolute Gasteiger partial charge is 0.0895 e. The van der Waals surface area contributed by atoms with Crippen LogP contribution in [0, 0.1) is 5.92 Å². The normalized spacial score (nSPS) is 21.4. The molecular weight excluding hydrogens is 314 g/mol. The zero-order chi connectivity index (χ0) is 17.9. The summed E-state index contributed by atoms with van der Waals surface area (Å²) in [6, 6.07) is 8.16. The number of benzene rings is 1. The van der Waals surface area contributed by atoms with Gasteiger partial charge in [0.2, 0.25) is 0 Å². The minimum absolute atomic E-state index is 0.132. The van der Waals surface area contributed by atoms with Crippen molar-refractivity contribution >= 4 is 0 Å². The van der Waals surface area contributed by atoms with Crippen LogP contribution < -0.4 is 5.32 Å². The van der Waals surface area contributed by atoms with Crippen LogP contribution in [0.1, 0.15) is 49.5 Å². The number of aryl methyl sites for hydroxylation is 1. The van der Waals surface area contributed by atoms with E-state index in [1.165, 1.54) is 17.5 Å². The third kappa shape index (κ3) is 4.69. The maximum Gasteiger partial charge on any atom is 0.0895 e. The largest absolute Gasteiger partial charge is 0.386 e. The first-order valence-corrected chi connectivity index (χ1v) is 9.06. The van der Waals surface area contributed by atoms with E-state index in [-0.39, 0.29) is 6.10 Å². The van der Waals surface area contributed by atoms with Gasteiger partial charge >= 0.3 is 0 Å². The maximum atomic E-state index is 10.0. The predicted octanol–water partition coefficient (Wildman–Crippen LogP) is 2.91. The lowest BCUT2D eigenvalue weighted by Gasteiger charge is -2.31. The zero-order valence-corrected chi connectivity index (χ0v) is 15.4. The third-order valence-corrected chi connectivity index (χ3v) is 4.89. The molecule has 2 heterocycles. The first-order chi connectivity index (χ1) is 11.9. The van der Waals surface area contributed by atoms with E-state index in [0.717, 1.165) is 31.7 Å². The van der Waals surface area contributed by atoms with Crippen LogP contribution in [-0.2, 0) is 23.9 Å². The fourth-order valence-corrected chi connectivity index (χ4v) is 3.44. The lowest BCUT2D eigenvalue weighted by Crippen LogP contribution is -2.31. The van der Waals surface area contributed by atoms with Crippen molar-refractivity contribution in [2.45, 2.75) is 44.9 Å². The molecule has 5 nitrogen and oxygen atoms in total. The van der Waals surface area contributed by atoms with Crippen molar-refractivity contribution in [1.29, 1.82) is 0 Å². The molecule has 1 aromatic heterocycles. The molecule has 0 amide bonds.